The van der Waals surface area contributed by atoms with Crippen molar-refractivity contribution in [1.29, 1.82) is 0 Å². The highest BCUT2D eigenvalue weighted by atomic mass is 15.3. The van der Waals surface area contributed by atoms with Gasteiger partial charge in [-0.25, -0.2) is 4.98 Å². The predicted molar refractivity (Wildman–Crippen MR) is 67.0 cm³/mol. The van der Waals surface area contributed by atoms with Crippen LogP contribution in [0.3, 0.4) is 0 Å². The van der Waals surface area contributed by atoms with Gasteiger partial charge < -0.3 is 5.73 Å². The monoisotopic (exact) mass is 233 g/mol. The number of rotatable bonds is 4. The molecule has 0 aromatic carbocycles. The molecule has 2 aromatic heterocycles. The van der Waals surface area contributed by atoms with Gasteiger partial charge in [0.2, 0.25) is 0 Å². The van der Waals surface area contributed by atoms with Crippen LogP contribution in [0.15, 0.2) is 6.07 Å². The number of aryl methyl sites for hydroxylation is 2. The molecule has 0 spiro atoms. The lowest BCUT2D eigenvalue weighted by atomic mass is 10.1. The number of aromatic nitrogens is 4. The quantitative estimate of drug-likeness (QED) is 0.870. The minimum Gasteiger partial charge on any atom is -0.330 e. The fourth-order valence-electron chi connectivity index (χ4n) is 2.13. The molecule has 0 bridgehead atoms. The van der Waals surface area contributed by atoms with Gasteiger partial charge in [-0.2, -0.15) is 0 Å². The minimum atomic E-state index is 0.358. The van der Waals surface area contributed by atoms with Crippen LogP contribution in [0.5, 0.6) is 0 Å². The van der Waals surface area contributed by atoms with Crippen molar-refractivity contribution in [1.82, 2.24) is 19.6 Å². The molecule has 0 fully saturated rings. The first-order chi connectivity index (χ1) is 8.13. The predicted octanol–water partition coefficient (Wildman–Crippen LogP) is 1.58. The van der Waals surface area contributed by atoms with Gasteiger partial charge in [-0.3, -0.25) is 4.40 Å². The summed E-state index contributed by atoms with van der Waals surface area (Å²) < 4.78 is 2.04. The Labute approximate surface area is 101 Å². The summed E-state index contributed by atoms with van der Waals surface area (Å²) in [5.41, 5.74) is 7.39. The van der Waals surface area contributed by atoms with Crippen LogP contribution in [-0.4, -0.2) is 26.1 Å². The van der Waals surface area contributed by atoms with Crippen LogP contribution in [0, 0.1) is 13.8 Å². The highest BCUT2D eigenvalue weighted by molar-refractivity contribution is 5.40. The number of nitrogens with zero attached hydrogens (tertiary/aromatic N) is 4. The van der Waals surface area contributed by atoms with Gasteiger partial charge in [0, 0.05) is 17.7 Å². The molecule has 2 heterocycles. The topological polar surface area (TPSA) is 69.1 Å². The zero-order valence-electron chi connectivity index (χ0n) is 10.6. The van der Waals surface area contributed by atoms with E-state index < -0.39 is 0 Å². The maximum atomic E-state index is 5.54. The van der Waals surface area contributed by atoms with Gasteiger partial charge in [-0.1, -0.05) is 6.92 Å². The first-order valence-electron chi connectivity index (χ1n) is 6.03. The standard InChI is InChI=1S/C12H19N5/c1-8(5-4-6-13)12-16-15-11-7-9(2)14-10(3)17(11)12/h7-8H,4-6,13H2,1-3H3. The van der Waals surface area contributed by atoms with E-state index in [9.17, 15) is 0 Å². The van der Waals surface area contributed by atoms with E-state index in [1.54, 1.807) is 0 Å². The third kappa shape index (κ3) is 2.29. The molecule has 17 heavy (non-hydrogen) atoms. The van der Waals surface area contributed by atoms with Gasteiger partial charge >= 0.3 is 0 Å². The van der Waals surface area contributed by atoms with E-state index in [0.717, 1.165) is 42.4 Å². The summed E-state index contributed by atoms with van der Waals surface area (Å²) in [6, 6.07) is 1.96. The average Bonchev–Trinajstić information content (AvgIpc) is 2.69. The van der Waals surface area contributed by atoms with E-state index in [1.165, 1.54) is 0 Å². The van der Waals surface area contributed by atoms with Crippen molar-refractivity contribution in [3.8, 4) is 0 Å². The van der Waals surface area contributed by atoms with Crippen LogP contribution in [0.2, 0.25) is 0 Å². The normalized spacial score (nSPS) is 13.2. The summed E-state index contributed by atoms with van der Waals surface area (Å²) in [5, 5.41) is 8.49. The van der Waals surface area contributed by atoms with Crippen molar-refractivity contribution >= 4 is 5.65 Å². The van der Waals surface area contributed by atoms with E-state index in [2.05, 4.69) is 22.1 Å². The number of hydrogen-bond donors (Lipinski definition) is 1. The minimum absolute atomic E-state index is 0.358. The number of nitrogens with two attached hydrogens (primary N) is 1. The molecule has 0 amide bonds. The van der Waals surface area contributed by atoms with Gasteiger partial charge in [-0.05, 0) is 33.2 Å². The van der Waals surface area contributed by atoms with Crippen molar-refractivity contribution in [3.63, 3.8) is 0 Å². The highest BCUT2D eigenvalue weighted by Gasteiger charge is 2.15. The Morgan fingerprint density at radius 3 is 2.82 bits per heavy atom. The molecule has 1 unspecified atom stereocenters. The van der Waals surface area contributed by atoms with Crippen LogP contribution >= 0.6 is 0 Å². The van der Waals surface area contributed by atoms with Crippen molar-refractivity contribution in [2.24, 2.45) is 5.73 Å². The molecular weight excluding hydrogens is 214 g/mol. The molecule has 1 atom stereocenters. The second-order valence-corrected chi connectivity index (χ2v) is 4.53. The first-order valence-corrected chi connectivity index (χ1v) is 6.03. The van der Waals surface area contributed by atoms with Crippen LogP contribution in [0.4, 0.5) is 0 Å². The zero-order valence-corrected chi connectivity index (χ0v) is 10.6. The number of hydrogen-bond acceptors (Lipinski definition) is 4. The lowest BCUT2D eigenvalue weighted by Gasteiger charge is -2.10. The van der Waals surface area contributed by atoms with Crippen molar-refractivity contribution < 1.29 is 0 Å². The Bertz CT molecular complexity index is 517. The molecule has 5 nitrogen and oxygen atoms in total. The molecule has 2 aromatic rings. The maximum Gasteiger partial charge on any atom is 0.164 e. The largest absolute Gasteiger partial charge is 0.330 e. The Balaban J connectivity index is 2.41. The molecule has 0 saturated carbocycles. The van der Waals surface area contributed by atoms with Crippen molar-refractivity contribution in [3.05, 3.63) is 23.4 Å². The lowest BCUT2D eigenvalue weighted by Crippen LogP contribution is -2.07. The van der Waals surface area contributed by atoms with Gasteiger partial charge in [0.1, 0.15) is 11.6 Å². The highest BCUT2D eigenvalue weighted by Crippen LogP contribution is 2.20. The zero-order chi connectivity index (χ0) is 12.4. The van der Waals surface area contributed by atoms with Crippen molar-refractivity contribution in [2.75, 3.05) is 6.54 Å². The summed E-state index contributed by atoms with van der Waals surface area (Å²) >= 11 is 0. The summed E-state index contributed by atoms with van der Waals surface area (Å²) in [7, 11) is 0. The van der Waals surface area contributed by atoms with E-state index in [4.69, 9.17) is 5.73 Å². The fourth-order valence-corrected chi connectivity index (χ4v) is 2.13. The molecule has 0 aliphatic rings. The van der Waals surface area contributed by atoms with E-state index in [0.29, 0.717) is 5.92 Å². The Hall–Kier alpha value is -1.49. The molecule has 0 aliphatic heterocycles. The molecule has 0 saturated heterocycles. The average molecular weight is 233 g/mol. The van der Waals surface area contributed by atoms with E-state index in [1.807, 2.05) is 24.3 Å². The Morgan fingerprint density at radius 1 is 1.35 bits per heavy atom. The molecule has 5 heteroatoms. The van der Waals surface area contributed by atoms with Crippen LogP contribution in [0.25, 0.3) is 5.65 Å². The molecule has 0 radical (unpaired) electrons. The molecular formula is C12H19N5. The summed E-state index contributed by atoms with van der Waals surface area (Å²) in [5.74, 6) is 2.29. The molecule has 0 aliphatic carbocycles. The third-order valence-corrected chi connectivity index (χ3v) is 2.99. The van der Waals surface area contributed by atoms with Gasteiger partial charge in [0.15, 0.2) is 5.65 Å². The van der Waals surface area contributed by atoms with Gasteiger partial charge in [0.25, 0.3) is 0 Å². The molecule has 2 rings (SSSR count). The van der Waals surface area contributed by atoms with E-state index >= 15 is 0 Å². The Kier molecular flexibility index (Phi) is 3.38. The lowest BCUT2D eigenvalue weighted by molar-refractivity contribution is 0.599. The second kappa shape index (κ2) is 4.79. The van der Waals surface area contributed by atoms with Crippen molar-refractivity contribution in [2.45, 2.75) is 39.5 Å². The van der Waals surface area contributed by atoms with Gasteiger partial charge in [0.05, 0.1) is 0 Å². The maximum absolute atomic E-state index is 5.54. The van der Waals surface area contributed by atoms with Crippen LogP contribution in [-0.2, 0) is 0 Å². The van der Waals surface area contributed by atoms with Gasteiger partial charge in [-0.15, -0.1) is 10.2 Å². The summed E-state index contributed by atoms with van der Waals surface area (Å²) in [6.45, 7) is 6.84. The SMILES string of the molecule is Cc1cc2nnc(C(C)CCCN)n2c(C)n1. The third-order valence-electron chi connectivity index (χ3n) is 2.99. The van der Waals surface area contributed by atoms with E-state index in [-0.39, 0.29) is 0 Å². The summed E-state index contributed by atoms with van der Waals surface area (Å²) in [6.07, 6.45) is 2.04. The Morgan fingerprint density at radius 2 is 2.12 bits per heavy atom. The fraction of sp³-hybridized carbons (Fsp3) is 0.583. The smallest absolute Gasteiger partial charge is 0.164 e. The second-order valence-electron chi connectivity index (χ2n) is 4.53. The van der Waals surface area contributed by atoms with Crippen LogP contribution < -0.4 is 5.73 Å². The molecule has 2 N–H and O–H groups in total. The first kappa shape index (κ1) is 12.0. The molecule has 92 valence electrons. The summed E-state index contributed by atoms with van der Waals surface area (Å²) in [4.78, 5) is 4.46. The van der Waals surface area contributed by atoms with Crippen LogP contribution in [0.1, 0.15) is 43.0 Å². The number of fused-ring (bicyclic) bond motifs is 1.